The number of rotatable bonds is 7. The summed E-state index contributed by atoms with van der Waals surface area (Å²) in [6.45, 7) is 1.94. The van der Waals surface area contributed by atoms with Gasteiger partial charge in [-0.05, 0) is 59.4 Å². The van der Waals surface area contributed by atoms with Gasteiger partial charge >= 0.3 is 0 Å². The first kappa shape index (κ1) is 16.7. The number of nitrogens with zero attached hydrogens (tertiary/aromatic N) is 4. The Hall–Kier alpha value is -2.76. The van der Waals surface area contributed by atoms with Gasteiger partial charge in [0.2, 0.25) is 5.91 Å². The summed E-state index contributed by atoms with van der Waals surface area (Å²) in [5, 5.41) is 17.4. The van der Waals surface area contributed by atoms with Gasteiger partial charge in [0.1, 0.15) is 0 Å². The maximum absolute atomic E-state index is 12.3. The van der Waals surface area contributed by atoms with E-state index in [-0.39, 0.29) is 11.9 Å². The molecule has 134 valence electrons. The summed E-state index contributed by atoms with van der Waals surface area (Å²) in [6, 6.07) is 15.1. The molecule has 6 heteroatoms. The van der Waals surface area contributed by atoms with Crippen LogP contribution in [0.4, 0.5) is 0 Å². The number of hydrogen-bond acceptors (Lipinski definition) is 4. The maximum atomic E-state index is 12.3. The van der Waals surface area contributed by atoms with E-state index in [9.17, 15) is 4.79 Å². The van der Waals surface area contributed by atoms with Crippen molar-refractivity contribution in [1.29, 1.82) is 0 Å². The molecular formula is C20H23N5O. The van der Waals surface area contributed by atoms with Gasteiger partial charge in [0.25, 0.3) is 0 Å². The number of benzene rings is 2. The fourth-order valence-corrected chi connectivity index (χ4v) is 3.29. The molecule has 1 saturated carbocycles. The van der Waals surface area contributed by atoms with Crippen LogP contribution < -0.4 is 5.32 Å². The van der Waals surface area contributed by atoms with Crippen LogP contribution >= 0.6 is 0 Å². The molecule has 0 spiro atoms. The molecule has 1 amide bonds. The highest BCUT2D eigenvalue weighted by molar-refractivity contribution is 5.83. The number of nitrogens with one attached hydrogen (secondary N) is 1. The summed E-state index contributed by atoms with van der Waals surface area (Å²) in [7, 11) is 0. The molecule has 1 aliphatic rings. The molecule has 26 heavy (non-hydrogen) atoms. The van der Waals surface area contributed by atoms with E-state index in [0.717, 1.165) is 31.5 Å². The number of tetrazole rings is 1. The van der Waals surface area contributed by atoms with Crippen LogP contribution in [0.15, 0.2) is 42.5 Å². The monoisotopic (exact) mass is 349 g/mol. The van der Waals surface area contributed by atoms with E-state index in [1.165, 1.54) is 16.3 Å². The number of aromatic nitrogens is 4. The standard InChI is InChI=1S/C20H23N5O/c1-14(20-22-23-24-25(20)18-11-12-18)21-19(26)8-4-5-15-9-10-16-6-2-3-7-17(16)13-15/h2-3,6-7,9-10,13-14,18H,4-5,8,11-12H2,1H3,(H,21,26)/t14-/m0/s1. The van der Waals surface area contributed by atoms with Gasteiger partial charge in [-0.3, -0.25) is 4.79 Å². The highest BCUT2D eigenvalue weighted by Gasteiger charge is 2.29. The molecule has 1 aliphatic carbocycles. The highest BCUT2D eigenvalue weighted by atomic mass is 16.1. The molecule has 0 radical (unpaired) electrons. The molecule has 0 saturated heterocycles. The van der Waals surface area contributed by atoms with Crippen molar-refractivity contribution in [3.8, 4) is 0 Å². The SMILES string of the molecule is C[C@H](NC(=O)CCCc1ccc2ccccc2c1)c1nnnn1C1CC1. The summed E-state index contributed by atoms with van der Waals surface area (Å²) in [4.78, 5) is 12.3. The number of amides is 1. The van der Waals surface area contributed by atoms with E-state index in [2.05, 4.69) is 57.2 Å². The van der Waals surface area contributed by atoms with Crippen LogP contribution in [0.5, 0.6) is 0 Å². The van der Waals surface area contributed by atoms with Crippen molar-refractivity contribution in [3.05, 3.63) is 53.9 Å². The zero-order chi connectivity index (χ0) is 17.9. The number of fused-ring (bicyclic) bond motifs is 1. The van der Waals surface area contributed by atoms with Crippen molar-refractivity contribution in [2.75, 3.05) is 0 Å². The smallest absolute Gasteiger partial charge is 0.220 e. The first-order chi connectivity index (χ1) is 12.7. The minimum Gasteiger partial charge on any atom is -0.346 e. The molecule has 0 unspecified atom stereocenters. The van der Waals surface area contributed by atoms with Crippen LogP contribution in [-0.4, -0.2) is 26.1 Å². The fourth-order valence-electron chi connectivity index (χ4n) is 3.29. The van der Waals surface area contributed by atoms with Crippen LogP contribution in [0.3, 0.4) is 0 Å². The molecule has 1 fully saturated rings. The van der Waals surface area contributed by atoms with Crippen LogP contribution in [-0.2, 0) is 11.2 Å². The molecule has 1 heterocycles. The van der Waals surface area contributed by atoms with E-state index < -0.39 is 0 Å². The number of carbonyl (C=O) groups excluding carboxylic acids is 1. The predicted molar refractivity (Wildman–Crippen MR) is 99.5 cm³/mol. The average molecular weight is 349 g/mol. The van der Waals surface area contributed by atoms with Crippen LogP contribution in [0, 0.1) is 0 Å². The van der Waals surface area contributed by atoms with Crippen molar-refractivity contribution >= 4 is 16.7 Å². The van der Waals surface area contributed by atoms with Crippen molar-refractivity contribution < 1.29 is 4.79 Å². The zero-order valence-corrected chi connectivity index (χ0v) is 14.9. The summed E-state index contributed by atoms with van der Waals surface area (Å²) in [5.74, 6) is 0.791. The fraction of sp³-hybridized carbons (Fsp3) is 0.400. The highest BCUT2D eigenvalue weighted by Crippen LogP contribution is 2.35. The number of carbonyl (C=O) groups is 1. The van der Waals surface area contributed by atoms with E-state index in [1.54, 1.807) is 0 Å². The Morgan fingerprint density at radius 2 is 2.04 bits per heavy atom. The predicted octanol–water partition coefficient (Wildman–Crippen LogP) is 3.36. The Morgan fingerprint density at radius 3 is 2.85 bits per heavy atom. The molecule has 1 aromatic heterocycles. The molecule has 3 aromatic rings. The molecule has 2 aromatic carbocycles. The lowest BCUT2D eigenvalue weighted by Gasteiger charge is -2.13. The van der Waals surface area contributed by atoms with Gasteiger partial charge in [0.15, 0.2) is 5.82 Å². The van der Waals surface area contributed by atoms with Crippen LogP contribution in [0.25, 0.3) is 10.8 Å². The lowest BCUT2D eigenvalue weighted by atomic mass is 10.0. The Labute approximate surface area is 152 Å². The molecule has 6 nitrogen and oxygen atoms in total. The Morgan fingerprint density at radius 1 is 1.23 bits per heavy atom. The quantitative estimate of drug-likeness (QED) is 0.710. The minimum absolute atomic E-state index is 0.0450. The van der Waals surface area contributed by atoms with Crippen molar-refractivity contribution in [2.24, 2.45) is 0 Å². The zero-order valence-electron chi connectivity index (χ0n) is 14.9. The van der Waals surface area contributed by atoms with Crippen molar-refractivity contribution in [2.45, 2.75) is 51.1 Å². The summed E-state index contributed by atoms with van der Waals surface area (Å²) < 4.78 is 1.85. The number of hydrogen-bond donors (Lipinski definition) is 1. The Balaban J connectivity index is 1.28. The Kier molecular flexibility index (Phi) is 4.65. The number of aryl methyl sites for hydroxylation is 1. The van der Waals surface area contributed by atoms with Gasteiger partial charge in [0, 0.05) is 6.42 Å². The summed E-state index contributed by atoms with van der Waals surface area (Å²) >= 11 is 0. The lowest BCUT2D eigenvalue weighted by Crippen LogP contribution is -2.28. The van der Waals surface area contributed by atoms with Crippen molar-refractivity contribution in [1.82, 2.24) is 25.5 Å². The minimum atomic E-state index is -0.168. The molecule has 0 bridgehead atoms. The van der Waals surface area contributed by atoms with Crippen molar-refractivity contribution in [3.63, 3.8) is 0 Å². The second-order valence-electron chi connectivity index (χ2n) is 7.04. The van der Waals surface area contributed by atoms with Gasteiger partial charge in [-0.15, -0.1) is 5.10 Å². The van der Waals surface area contributed by atoms with Gasteiger partial charge in [-0.2, -0.15) is 0 Å². The normalized spacial score (nSPS) is 15.1. The van der Waals surface area contributed by atoms with Gasteiger partial charge in [0.05, 0.1) is 12.1 Å². The maximum Gasteiger partial charge on any atom is 0.220 e. The van der Waals surface area contributed by atoms with Crippen LogP contribution in [0.1, 0.15) is 56.1 Å². The third kappa shape index (κ3) is 3.74. The second kappa shape index (κ2) is 7.23. The third-order valence-electron chi connectivity index (χ3n) is 4.86. The summed E-state index contributed by atoms with van der Waals surface area (Å²) in [5.41, 5.74) is 1.27. The third-order valence-corrected chi connectivity index (χ3v) is 4.86. The molecule has 0 aliphatic heterocycles. The lowest BCUT2D eigenvalue weighted by molar-refractivity contribution is -0.121. The Bertz CT molecular complexity index is 915. The molecule has 1 N–H and O–H groups in total. The first-order valence-electron chi connectivity index (χ1n) is 9.25. The largest absolute Gasteiger partial charge is 0.346 e. The van der Waals surface area contributed by atoms with E-state index in [4.69, 9.17) is 0 Å². The average Bonchev–Trinajstić information content (AvgIpc) is 3.37. The second-order valence-corrected chi connectivity index (χ2v) is 7.04. The first-order valence-corrected chi connectivity index (χ1v) is 9.25. The van der Waals surface area contributed by atoms with E-state index in [1.807, 2.05) is 17.7 Å². The topological polar surface area (TPSA) is 72.7 Å². The molecule has 1 atom stereocenters. The van der Waals surface area contributed by atoms with E-state index in [0.29, 0.717) is 12.5 Å². The molecule has 4 rings (SSSR count). The van der Waals surface area contributed by atoms with Gasteiger partial charge < -0.3 is 5.32 Å². The molecular weight excluding hydrogens is 326 g/mol. The van der Waals surface area contributed by atoms with Gasteiger partial charge in [-0.1, -0.05) is 42.5 Å². The van der Waals surface area contributed by atoms with Gasteiger partial charge in [-0.25, -0.2) is 4.68 Å². The van der Waals surface area contributed by atoms with E-state index >= 15 is 0 Å². The summed E-state index contributed by atoms with van der Waals surface area (Å²) in [6.07, 6.45) is 4.45. The van der Waals surface area contributed by atoms with Crippen LogP contribution in [0.2, 0.25) is 0 Å².